The van der Waals surface area contributed by atoms with Crippen LogP contribution in [0.3, 0.4) is 0 Å². The van der Waals surface area contributed by atoms with E-state index in [1.807, 2.05) is 26.0 Å². The van der Waals surface area contributed by atoms with E-state index in [9.17, 15) is 14.7 Å². The van der Waals surface area contributed by atoms with Crippen molar-refractivity contribution < 1.29 is 19.4 Å². The van der Waals surface area contributed by atoms with Gasteiger partial charge in [-0.15, -0.1) is 0 Å². The number of aryl methyl sites for hydroxylation is 1. The molecule has 1 aliphatic heterocycles. The zero-order chi connectivity index (χ0) is 18.4. The summed E-state index contributed by atoms with van der Waals surface area (Å²) in [6.45, 7) is 6.46. The lowest BCUT2D eigenvalue weighted by Gasteiger charge is -2.23. The van der Waals surface area contributed by atoms with Crippen LogP contribution in [0.15, 0.2) is 24.3 Å². The third-order valence-corrected chi connectivity index (χ3v) is 4.34. The van der Waals surface area contributed by atoms with Gasteiger partial charge < -0.3 is 20.5 Å². The molecule has 1 fully saturated rings. The highest BCUT2D eigenvalue weighted by Gasteiger charge is 2.31. The third kappa shape index (κ3) is 5.54. The number of ether oxygens (including phenoxy) is 1. The van der Waals surface area contributed by atoms with E-state index in [4.69, 9.17) is 4.74 Å². The van der Waals surface area contributed by atoms with Gasteiger partial charge in [-0.3, -0.25) is 9.59 Å². The van der Waals surface area contributed by atoms with Crippen molar-refractivity contribution in [2.24, 2.45) is 5.92 Å². The average molecular weight is 348 g/mol. The van der Waals surface area contributed by atoms with E-state index in [0.717, 1.165) is 12.0 Å². The van der Waals surface area contributed by atoms with Gasteiger partial charge in [-0.05, 0) is 42.9 Å². The number of aliphatic hydroxyl groups is 1. The zero-order valence-electron chi connectivity index (χ0n) is 15.1. The maximum Gasteiger partial charge on any atom is 0.251 e. The standard InChI is InChI=1S/C19H28N2O4/c1-4-13-5-7-14(8-6-13)17(22)21-16(11-12(2)3)18(23)20-15-9-10-25-19(15)24/h5-8,12,15-16,19,24H,4,9-11H2,1-3H3,(H,20,23)(H,21,22). The van der Waals surface area contributed by atoms with E-state index in [1.54, 1.807) is 12.1 Å². The van der Waals surface area contributed by atoms with E-state index in [0.29, 0.717) is 25.0 Å². The fourth-order valence-corrected chi connectivity index (χ4v) is 2.84. The molecule has 25 heavy (non-hydrogen) atoms. The first-order valence-corrected chi connectivity index (χ1v) is 8.90. The molecule has 0 aromatic heterocycles. The van der Waals surface area contributed by atoms with E-state index >= 15 is 0 Å². The van der Waals surface area contributed by atoms with E-state index in [1.165, 1.54) is 0 Å². The van der Waals surface area contributed by atoms with Crippen molar-refractivity contribution in [3.8, 4) is 0 Å². The second-order valence-electron chi connectivity index (χ2n) is 6.87. The predicted octanol–water partition coefficient (Wildman–Crippen LogP) is 1.62. The molecular formula is C19H28N2O4. The van der Waals surface area contributed by atoms with Gasteiger partial charge in [-0.1, -0.05) is 32.9 Å². The number of rotatable bonds is 7. The number of aliphatic hydroxyl groups excluding tert-OH is 1. The Hall–Kier alpha value is -1.92. The molecule has 0 bridgehead atoms. The normalized spacial score (nSPS) is 21.2. The van der Waals surface area contributed by atoms with Gasteiger partial charge in [0.05, 0.1) is 12.6 Å². The number of amides is 2. The SMILES string of the molecule is CCc1ccc(C(=O)NC(CC(C)C)C(=O)NC2CCOC2O)cc1. The molecule has 6 heteroatoms. The highest BCUT2D eigenvalue weighted by atomic mass is 16.6. The molecule has 3 unspecified atom stereocenters. The van der Waals surface area contributed by atoms with Crippen LogP contribution in [0.1, 0.15) is 49.5 Å². The van der Waals surface area contributed by atoms with Gasteiger partial charge in [0.25, 0.3) is 5.91 Å². The van der Waals surface area contributed by atoms with E-state index in [-0.39, 0.29) is 17.7 Å². The fraction of sp³-hybridized carbons (Fsp3) is 0.579. The largest absolute Gasteiger partial charge is 0.366 e. The molecule has 1 heterocycles. The van der Waals surface area contributed by atoms with Crippen molar-refractivity contribution in [3.63, 3.8) is 0 Å². The first-order valence-electron chi connectivity index (χ1n) is 8.90. The van der Waals surface area contributed by atoms with Gasteiger partial charge in [-0.2, -0.15) is 0 Å². The quantitative estimate of drug-likeness (QED) is 0.699. The summed E-state index contributed by atoms with van der Waals surface area (Å²) in [6, 6.07) is 6.30. The number of hydrogen-bond acceptors (Lipinski definition) is 4. The predicted molar refractivity (Wildman–Crippen MR) is 95.0 cm³/mol. The van der Waals surface area contributed by atoms with Crippen molar-refractivity contribution >= 4 is 11.8 Å². The summed E-state index contributed by atoms with van der Waals surface area (Å²) in [7, 11) is 0. The van der Waals surface area contributed by atoms with Gasteiger partial charge >= 0.3 is 0 Å². The van der Waals surface area contributed by atoms with Crippen molar-refractivity contribution in [1.29, 1.82) is 0 Å². The molecule has 0 saturated carbocycles. The van der Waals surface area contributed by atoms with Crippen LogP contribution in [0.4, 0.5) is 0 Å². The Morgan fingerprint density at radius 1 is 1.28 bits per heavy atom. The van der Waals surface area contributed by atoms with Crippen LogP contribution >= 0.6 is 0 Å². The zero-order valence-corrected chi connectivity index (χ0v) is 15.1. The summed E-state index contributed by atoms with van der Waals surface area (Å²) in [5, 5.41) is 15.3. The lowest BCUT2D eigenvalue weighted by molar-refractivity contribution is -0.127. The number of nitrogens with one attached hydrogen (secondary N) is 2. The maximum absolute atomic E-state index is 12.6. The third-order valence-electron chi connectivity index (χ3n) is 4.34. The molecule has 1 aliphatic rings. The number of carbonyl (C=O) groups excluding carboxylic acids is 2. The Balaban J connectivity index is 2.02. The highest BCUT2D eigenvalue weighted by molar-refractivity contribution is 5.97. The molecule has 138 valence electrons. The summed E-state index contributed by atoms with van der Waals surface area (Å²) in [5.41, 5.74) is 1.69. The van der Waals surface area contributed by atoms with Gasteiger partial charge in [0.2, 0.25) is 5.91 Å². The Labute approximate surface area is 149 Å². The van der Waals surface area contributed by atoms with Crippen molar-refractivity contribution in [1.82, 2.24) is 10.6 Å². The van der Waals surface area contributed by atoms with Gasteiger partial charge in [0, 0.05) is 5.56 Å². The lowest BCUT2D eigenvalue weighted by atomic mass is 10.0. The summed E-state index contributed by atoms with van der Waals surface area (Å²) < 4.78 is 5.05. The Morgan fingerprint density at radius 2 is 1.96 bits per heavy atom. The van der Waals surface area contributed by atoms with E-state index < -0.39 is 18.4 Å². The summed E-state index contributed by atoms with van der Waals surface area (Å²) >= 11 is 0. The lowest BCUT2D eigenvalue weighted by Crippen LogP contribution is -2.51. The Kier molecular flexibility index (Phi) is 6.96. The van der Waals surface area contributed by atoms with Crippen LogP contribution in [0, 0.1) is 5.92 Å². The number of hydrogen-bond donors (Lipinski definition) is 3. The van der Waals surface area contributed by atoms with Crippen LogP contribution in [0.5, 0.6) is 0 Å². The topological polar surface area (TPSA) is 87.7 Å². The second kappa shape index (κ2) is 8.97. The second-order valence-corrected chi connectivity index (χ2v) is 6.87. The molecule has 1 aromatic carbocycles. The molecule has 3 atom stereocenters. The molecule has 1 saturated heterocycles. The van der Waals surface area contributed by atoms with Gasteiger partial charge in [-0.25, -0.2) is 0 Å². The highest BCUT2D eigenvalue weighted by Crippen LogP contribution is 2.13. The van der Waals surface area contributed by atoms with Gasteiger partial charge in [0.15, 0.2) is 6.29 Å². The molecule has 0 aliphatic carbocycles. The minimum Gasteiger partial charge on any atom is -0.366 e. The Morgan fingerprint density at radius 3 is 2.48 bits per heavy atom. The molecule has 0 spiro atoms. The van der Waals surface area contributed by atoms with Crippen LogP contribution in [0.25, 0.3) is 0 Å². The van der Waals surface area contributed by atoms with Crippen molar-refractivity contribution in [2.45, 2.75) is 58.4 Å². The van der Waals surface area contributed by atoms with Crippen LogP contribution < -0.4 is 10.6 Å². The molecule has 1 aromatic rings. The summed E-state index contributed by atoms with van der Waals surface area (Å²) in [4.78, 5) is 25.0. The van der Waals surface area contributed by atoms with Crippen LogP contribution in [-0.2, 0) is 16.0 Å². The summed E-state index contributed by atoms with van der Waals surface area (Å²) in [6.07, 6.45) is 1.01. The first kappa shape index (κ1) is 19.4. The minimum absolute atomic E-state index is 0.239. The van der Waals surface area contributed by atoms with Crippen LogP contribution in [0.2, 0.25) is 0 Å². The van der Waals surface area contributed by atoms with Crippen molar-refractivity contribution in [3.05, 3.63) is 35.4 Å². The number of benzene rings is 1. The maximum atomic E-state index is 12.6. The average Bonchev–Trinajstić information content (AvgIpc) is 2.98. The van der Waals surface area contributed by atoms with Gasteiger partial charge in [0.1, 0.15) is 6.04 Å². The van der Waals surface area contributed by atoms with Crippen LogP contribution in [-0.4, -0.2) is 41.9 Å². The molecular weight excluding hydrogens is 320 g/mol. The monoisotopic (exact) mass is 348 g/mol. The molecule has 6 nitrogen and oxygen atoms in total. The number of carbonyl (C=O) groups is 2. The molecule has 2 amide bonds. The molecule has 2 rings (SSSR count). The van der Waals surface area contributed by atoms with Crippen molar-refractivity contribution in [2.75, 3.05) is 6.61 Å². The minimum atomic E-state index is -0.985. The smallest absolute Gasteiger partial charge is 0.251 e. The Bertz CT molecular complexity index is 586. The first-order chi connectivity index (χ1) is 11.9. The van der Waals surface area contributed by atoms with E-state index in [2.05, 4.69) is 17.6 Å². The molecule has 0 radical (unpaired) electrons. The summed E-state index contributed by atoms with van der Waals surface area (Å²) in [5.74, 6) is -0.322. The fourth-order valence-electron chi connectivity index (χ4n) is 2.84. The molecule has 3 N–H and O–H groups in total.